The molecule has 100 valence electrons. The molecule has 1 rings (SSSR count). The van der Waals surface area contributed by atoms with Crippen LogP contribution in [0.25, 0.3) is 0 Å². The maximum atomic E-state index is 10.8. The number of nitro groups is 1. The largest absolute Gasteiger partial charge is 0.396 e. The summed E-state index contributed by atoms with van der Waals surface area (Å²) in [7, 11) is 0. The van der Waals surface area contributed by atoms with Crippen LogP contribution in [-0.4, -0.2) is 32.6 Å². The van der Waals surface area contributed by atoms with Gasteiger partial charge in [0.2, 0.25) is 11.8 Å². The zero-order valence-electron chi connectivity index (χ0n) is 9.96. The molecule has 1 heterocycles. The van der Waals surface area contributed by atoms with E-state index < -0.39 is 4.92 Å². The Labute approximate surface area is 104 Å². The van der Waals surface area contributed by atoms with Gasteiger partial charge in [0.1, 0.15) is 6.20 Å². The van der Waals surface area contributed by atoms with Gasteiger partial charge in [-0.15, -0.1) is 0 Å². The summed E-state index contributed by atoms with van der Waals surface area (Å²) >= 11 is 0. The van der Waals surface area contributed by atoms with Gasteiger partial charge in [-0.3, -0.25) is 15.5 Å². The van der Waals surface area contributed by atoms with Crippen molar-refractivity contribution in [3.63, 3.8) is 0 Å². The molecule has 0 radical (unpaired) electrons. The van der Waals surface area contributed by atoms with Crippen LogP contribution in [0.4, 0.5) is 17.5 Å². The summed E-state index contributed by atoms with van der Waals surface area (Å²) in [6, 6.07) is -0.103. The summed E-state index contributed by atoms with van der Waals surface area (Å²) in [5.74, 6) is 5.33. The van der Waals surface area contributed by atoms with Crippen LogP contribution in [0.3, 0.4) is 0 Å². The minimum Gasteiger partial charge on any atom is -0.396 e. The highest BCUT2D eigenvalue weighted by Gasteiger charge is 2.19. The Morgan fingerprint density at radius 3 is 2.89 bits per heavy atom. The van der Waals surface area contributed by atoms with Crippen molar-refractivity contribution in [1.29, 1.82) is 0 Å². The molecule has 1 atom stereocenters. The predicted molar refractivity (Wildman–Crippen MR) is 65.9 cm³/mol. The summed E-state index contributed by atoms with van der Waals surface area (Å²) in [5.41, 5.74) is 1.99. The lowest BCUT2D eigenvalue weighted by Gasteiger charge is -2.16. The summed E-state index contributed by atoms with van der Waals surface area (Å²) in [6.45, 7) is 1.90. The third kappa shape index (κ3) is 3.50. The van der Waals surface area contributed by atoms with Gasteiger partial charge in [-0.25, -0.2) is 10.8 Å². The molecule has 0 aliphatic heterocycles. The van der Waals surface area contributed by atoms with E-state index in [0.29, 0.717) is 12.8 Å². The Kier molecular flexibility index (Phi) is 5.21. The molecule has 9 nitrogen and oxygen atoms in total. The second-order valence-corrected chi connectivity index (χ2v) is 3.59. The van der Waals surface area contributed by atoms with Crippen LogP contribution in [0.15, 0.2) is 6.20 Å². The number of aliphatic hydroxyl groups excluding tert-OH is 1. The maximum absolute atomic E-state index is 10.8. The van der Waals surface area contributed by atoms with Gasteiger partial charge in [0.25, 0.3) is 0 Å². The molecule has 1 aromatic heterocycles. The van der Waals surface area contributed by atoms with Gasteiger partial charge in [-0.2, -0.15) is 4.98 Å². The third-order valence-corrected chi connectivity index (χ3v) is 2.41. The fourth-order valence-corrected chi connectivity index (χ4v) is 1.41. The van der Waals surface area contributed by atoms with Crippen molar-refractivity contribution in [3.8, 4) is 0 Å². The second-order valence-electron chi connectivity index (χ2n) is 3.59. The first-order valence-corrected chi connectivity index (χ1v) is 5.47. The van der Waals surface area contributed by atoms with E-state index in [2.05, 4.69) is 20.7 Å². The Bertz CT molecular complexity index is 413. The topological polar surface area (TPSA) is 139 Å². The zero-order chi connectivity index (χ0) is 13.5. The predicted octanol–water partition coefficient (Wildman–Crippen LogP) is 0.243. The lowest BCUT2D eigenvalue weighted by atomic mass is 10.1. The molecule has 0 saturated carbocycles. The molecule has 0 bridgehead atoms. The summed E-state index contributed by atoms with van der Waals surface area (Å²) < 4.78 is 0. The number of hydrazine groups is 1. The molecule has 0 saturated heterocycles. The normalized spacial score (nSPS) is 11.9. The standard InChI is InChI=1S/C9H16N6O3/c1-2-6(3-4-16)12-8-7(15(17)18)5-11-9(13-8)14-10/h5-6,16H,2-4,10H2,1H3,(H2,11,12,13,14). The molecular formula is C9H16N6O3. The number of anilines is 2. The molecule has 5 N–H and O–H groups in total. The van der Waals surface area contributed by atoms with Gasteiger partial charge in [-0.1, -0.05) is 6.92 Å². The average molecular weight is 256 g/mol. The Morgan fingerprint density at radius 2 is 2.39 bits per heavy atom. The number of hydrogen-bond acceptors (Lipinski definition) is 8. The van der Waals surface area contributed by atoms with E-state index in [1.165, 1.54) is 0 Å². The molecule has 0 aromatic carbocycles. The Balaban J connectivity index is 2.99. The number of nitrogens with zero attached hydrogens (tertiary/aromatic N) is 3. The zero-order valence-corrected chi connectivity index (χ0v) is 9.96. The van der Waals surface area contributed by atoms with Crippen LogP contribution in [-0.2, 0) is 0 Å². The number of rotatable bonds is 7. The molecule has 0 aliphatic carbocycles. The quantitative estimate of drug-likeness (QED) is 0.309. The molecule has 0 fully saturated rings. The van der Waals surface area contributed by atoms with Gasteiger partial charge in [-0.05, 0) is 12.8 Å². The number of nitrogen functional groups attached to an aromatic ring is 1. The fourth-order valence-electron chi connectivity index (χ4n) is 1.41. The van der Waals surface area contributed by atoms with Gasteiger partial charge in [0.15, 0.2) is 0 Å². The lowest BCUT2D eigenvalue weighted by molar-refractivity contribution is -0.384. The first kappa shape index (κ1) is 14.1. The SMILES string of the molecule is CCC(CCO)Nc1nc(NN)ncc1[N+](=O)[O-]. The number of aromatic nitrogens is 2. The van der Waals surface area contributed by atoms with Crippen LogP contribution in [0, 0.1) is 10.1 Å². The smallest absolute Gasteiger partial charge is 0.329 e. The van der Waals surface area contributed by atoms with E-state index in [-0.39, 0.29) is 30.1 Å². The molecular weight excluding hydrogens is 240 g/mol. The van der Waals surface area contributed by atoms with E-state index in [1.54, 1.807) is 0 Å². The van der Waals surface area contributed by atoms with Crippen molar-refractivity contribution in [2.24, 2.45) is 5.84 Å². The lowest BCUT2D eigenvalue weighted by Crippen LogP contribution is -2.22. The van der Waals surface area contributed by atoms with Crippen molar-refractivity contribution in [1.82, 2.24) is 9.97 Å². The Hall–Kier alpha value is -2.00. The number of hydrogen-bond donors (Lipinski definition) is 4. The molecule has 0 amide bonds. The number of nitrogens with two attached hydrogens (primary N) is 1. The van der Waals surface area contributed by atoms with Crippen molar-refractivity contribution < 1.29 is 10.0 Å². The fraction of sp³-hybridized carbons (Fsp3) is 0.556. The van der Waals surface area contributed by atoms with E-state index in [1.807, 2.05) is 6.92 Å². The highest BCUT2D eigenvalue weighted by Crippen LogP contribution is 2.23. The van der Waals surface area contributed by atoms with Gasteiger partial charge in [0.05, 0.1) is 4.92 Å². The van der Waals surface area contributed by atoms with Gasteiger partial charge < -0.3 is 10.4 Å². The molecule has 0 aliphatic rings. The monoisotopic (exact) mass is 256 g/mol. The second kappa shape index (κ2) is 6.67. The molecule has 9 heteroatoms. The van der Waals surface area contributed by atoms with Crippen LogP contribution in [0.2, 0.25) is 0 Å². The van der Waals surface area contributed by atoms with Crippen molar-refractivity contribution >= 4 is 17.5 Å². The third-order valence-electron chi connectivity index (χ3n) is 2.41. The molecule has 0 spiro atoms. The minimum atomic E-state index is -0.575. The van der Waals surface area contributed by atoms with E-state index in [0.717, 1.165) is 6.20 Å². The molecule has 1 unspecified atom stereocenters. The van der Waals surface area contributed by atoms with E-state index in [9.17, 15) is 10.1 Å². The van der Waals surface area contributed by atoms with E-state index in [4.69, 9.17) is 10.9 Å². The number of nitrogens with one attached hydrogen (secondary N) is 2. The molecule has 18 heavy (non-hydrogen) atoms. The average Bonchev–Trinajstić information content (AvgIpc) is 2.37. The van der Waals surface area contributed by atoms with Crippen molar-refractivity contribution in [3.05, 3.63) is 16.3 Å². The highest BCUT2D eigenvalue weighted by molar-refractivity contribution is 5.57. The highest BCUT2D eigenvalue weighted by atomic mass is 16.6. The first-order valence-electron chi connectivity index (χ1n) is 5.47. The maximum Gasteiger partial charge on any atom is 0.329 e. The van der Waals surface area contributed by atoms with Crippen LogP contribution >= 0.6 is 0 Å². The first-order chi connectivity index (χ1) is 8.62. The number of aliphatic hydroxyl groups is 1. The van der Waals surface area contributed by atoms with Gasteiger partial charge >= 0.3 is 5.69 Å². The van der Waals surface area contributed by atoms with Crippen LogP contribution in [0.1, 0.15) is 19.8 Å². The van der Waals surface area contributed by atoms with Crippen LogP contribution < -0.4 is 16.6 Å². The minimum absolute atomic E-state index is 0.00756. The summed E-state index contributed by atoms with van der Waals surface area (Å²) in [6.07, 6.45) is 2.26. The van der Waals surface area contributed by atoms with Crippen LogP contribution in [0.5, 0.6) is 0 Å². The summed E-state index contributed by atoms with van der Waals surface area (Å²) in [4.78, 5) is 17.8. The molecule has 1 aromatic rings. The van der Waals surface area contributed by atoms with E-state index >= 15 is 0 Å². The Morgan fingerprint density at radius 1 is 1.67 bits per heavy atom. The van der Waals surface area contributed by atoms with Gasteiger partial charge in [0, 0.05) is 12.6 Å². The summed E-state index contributed by atoms with van der Waals surface area (Å²) in [5, 5.41) is 22.6. The van der Waals surface area contributed by atoms with Crippen molar-refractivity contribution in [2.45, 2.75) is 25.8 Å². The van der Waals surface area contributed by atoms with Crippen molar-refractivity contribution in [2.75, 3.05) is 17.3 Å².